The standard InChI is InChI=1S/C37H64N4O4S/c1-11-25(5)33(39-26(6)21-24(3)4)31(44-9)23-32(42)41-20-16-19-30(41)34(45-10)27(7)35(43)37(8,12-2)40-29(36(38)46)22-28-17-14-13-15-18-28/h13-14,17,24-25,27,29-31,33-34,39-40H,6,11-12,15-16,18-23H2,1-5,7-10H3,(H2,38,46)/t25-,27+,29-,30?,31+,33-,34+,37?/m0/s1. The van der Waals surface area contributed by atoms with Gasteiger partial charge in [-0.1, -0.05) is 90.6 Å². The van der Waals surface area contributed by atoms with Crippen LogP contribution in [0.1, 0.15) is 106 Å². The fourth-order valence-corrected chi connectivity index (χ4v) is 7.26. The summed E-state index contributed by atoms with van der Waals surface area (Å²) < 4.78 is 12.0. The summed E-state index contributed by atoms with van der Waals surface area (Å²) in [7, 11) is 3.33. The number of carbonyl (C=O) groups is 2. The van der Waals surface area contributed by atoms with Crippen LogP contribution < -0.4 is 16.4 Å². The Morgan fingerprint density at radius 2 is 1.87 bits per heavy atom. The van der Waals surface area contributed by atoms with Gasteiger partial charge in [0.05, 0.1) is 47.3 Å². The number of nitrogens with zero attached hydrogens (tertiary/aromatic N) is 1. The maximum absolute atomic E-state index is 14.3. The van der Waals surface area contributed by atoms with Crippen LogP contribution in [0.5, 0.6) is 0 Å². The average molecular weight is 661 g/mol. The molecule has 2 unspecified atom stereocenters. The highest BCUT2D eigenvalue weighted by atomic mass is 32.1. The highest BCUT2D eigenvalue weighted by Crippen LogP contribution is 2.31. The summed E-state index contributed by atoms with van der Waals surface area (Å²) >= 11 is 5.46. The number of ketones is 1. The summed E-state index contributed by atoms with van der Waals surface area (Å²) in [6.07, 6.45) is 12.5. The van der Waals surface area contributed by atoms with Crippen molar-refractivity contribution >= 4 is 28.9 Å². The molecule has 8 nitrogen and oxygen atoms in total. The summed E-state index contributed by atoms with van der Waals surface area (Å²) in [6.45, 7) is 19.5. The molecule has 0 saturated carbocycles. The Hall–Kier alpha value is -2.07. The number of likely N-dealkylation sites (tertiary alicyclic amines) is 1. The molecule has 0 aromatic rings. The molecule has 0 spiro atoms. The summed E-state index contributed by atoms with van der Waals surface area (Å²) in [4.78, 5) is 30.6. The van der Waals surface area contributed by atoms with Crippen LogP contribution in [0, 0.1) is 17.8 Å². The second-order valence-electron chi connectivity index (χ2n) is 14.2. The highest BCUT2D eigenvalue weighted by molar-refractivity contribution is 7.80. The molecule has 0 radical (unpaired) electrons. The summed E-state index contributed by atoms with van der Waals surface area (Å²) in [5.41, 5.74) is 7.58. The van der Waals surface area contributed by atoms with Gasteiger partial charge in [-0.05, 0) is 63.7 Å². The van der Waals surface area contributed by atoms with E-state index in [1.54, 1.807) is 14.2 Å². The van der Waals surface area contributed by atoms with Crippen molar-refractivity contribution in [2.75, 3.05) is 20.8 Å². The van der Waals surface area contributed by atoms with Gasteiger partial charge in [-0.3, -0.25) is 14.9 Å². The smallest absolute Gasteiger partial charge is 0.225 e. The number of Topliss-reactive ketones (excluding diaryl/α,β-unsaturated/α-hetero) is 1. The first kappa shape index (κ1) is 40.1. The Bertz CT molecular complexity index is 1090. The number of hydrogen-bond donors (Lipinski definition) is 3. The molecule has 4 N–H and O–H groups in total. The number of rotatable bonds is 21. The van der Waals surface area contributed by atoms with Gasteiger partial charge in [0.1, 0.15) is 0 Å². The van der Waals surface area contributed by atoms with Crippen LogP contribution in [0.25, 0.3) is 0 Å². The lowest BCUT2D eigenvalue weighted by atomic mass is 9.80. The van der Waals surface area contributed by atoms with E-state index in [0.29, 0.717) is 30.3 Å². The van der Waals surface area contributed by atoms with Crippen molar-refractivity contribution in [3.8, 4) is 0 Å². The number of ether oxygens (including phenoxy) is 2. The first-order valence-corrected chi connectivity index (χ1v) is 17.9. The van der Waals surface area contributed by atoms with Crippen molar-refractivity contribution in [3.05, 3.63) is 36.1 Å². The number of nitrogens with one attached hydrogen (secondary N) is 2. The minimum Gasteiger partial charge on any atom is -0.392 e. The van der Waals surface area contributed by atoms with E-state index >= 15 is 0 Å². The zero-order valence-electron chi connectivity index (χ0n) is 30.2. The minimum absolute atomic E-state index is 0.0281. The van der Waals surface area contributed by atoms with E-state index in [9.17, 15) is 9.59 Å². The van der Waals surface area contributed by atoms with Crippen molar-refractivity contribution in [1.82, 2.24) is 15.5 Å². The molecule has 46 heavy (non-hydrogen) atoms. The molecule has 2 aliphatic rings. The second kappa shape index (κ2) is 19.1. The number of nitrogens with two attached hydrogens (primary N) is 1. The van der Waals surface area contributed by atoms with E-state index in [2.05, 4.69) is 63.1 Å². The molecule has 8 atom stereocenters. The SMILES string of the molecule is C=C(CC(C)C)N[C@@H]([C@@H](C)CC)[C@@H](CC(=O)N1CCCC1[C@H](OC)[C@@H](C)C(=O)C(C)(CC)N[C@@H](CC1=CC=CCC1)C(N)=S)OC. The molecule has 2 rings (SSSR count). The maximum Gasteiger partial charge on any atom is 0.225 e. The molecule has 0 aromatic heterocycles. The number of hydrogen-bond acceptors (Lipinski definition) is 7. The molecule has 0 bridgehead atoms. The van der Waals surface area contributed by atoms with Crippen LogP contribution in [-0.4, -0.2) is 78.2 Å². The molecule has 1 fully saturated rings. The third kappa shape index (κ3) is 11.0. The van der Waals surface area contributed by atoms with Crippen LogP contribution in [0.3, 0.4) is 0 Å². The zero-order valence-corrected chi connectivity index (χ0v) is 31.0. The van der Waals surface area contributed by atoms with Gasteiger partial charge in [0.15, 0.2) is 5.78 Å². The van der Waals surface area contributed by atoms with Gasteiger partial charge in [0, 0.05) is 32.4 Å². The number of carbonyl (C=O) groups excluding carboxylic acids is 2. The molecule has 262 valence electrons. The van der Waals surface area contributed by atoms with Crippen molar-refractivity contribution in [1.29, 1.82) is 0 Å². The molecule has 1 amide bonds. The van der Waals surface area contributed by atoms with Crippen LogP contribution in [0.2, 0.25) is 0 Å². The Morgan fingerprint density at radius 3 is 2.39 bits per heavy atom. The molecule has 1 heterocycles. The van der Waals surface area contributed by atoms with Gasteiger partial charge in [0.2, 0.25) is 5.91 Å². The summed E-state index contributed by atoms with van der Waals surface area (Å²) in [6, 6.07) is -0.538. The topological polar surface area (TPSA) is 106 Å². The average Bonchev–Trinajstić information content (AvgIpc) is 3.51. The molecule has 0 aromatic carbocycles. The second-order valence-corrected chi connectivity index (χ2v) is 14.6. The van der Waals surface area contributed by atoms with Gasteiger partial charge >= 0.3 is 0 Å². The molecule has 1 aliphatic heterocycles. The van der Waals surface area contributed by atoms with E-state index in [4.69, 9.17) is 27.4 Å². The predicted octanol–water partition coefficient (Wildman–Crippen LogP) is 6.25. The Balaban J connectivity index is 2.22. The number of methoxy groups -OCH3 is 2. The minimum atomic E-state index is -0.864. The van der Waals surface area contributed by atoms with Gasteiger partial charge in [-0.25, -0.2) is 0 Å². The number of amides is 1. The van der Waals surface area contributed by atoms with Crippen LogP contribution >= 0.6 is 12.2 Å². The van der Waals surface area contributed by atoms with Crippen LogP contribution in [0.15, 0.2) is 36.1 Å². The van der Waals surface area contributed by atoms with E-state index in [-0.39, 0.29) is 48.3 Å². The molecular formula is C37H64N4O4S. The van der Waals surface area contributed by atoms with Gasteiger partial charge < -0.3 is 25.4 Å². The quantitative estimate of drug-likeness (QED) is 0.124. The van der Waals surface area contributed by atoms with Crippen molar-refractivity contribution in [2.45, 2.75) is 142 Å². The Labute approximate surface area is 285 Å². The van der Waals surface area contributed by atoms with E-state index < -0.39 is 17.6 Å². The molecule has 9 heteroatoms. The molecule has 1 aliphatic carbocycles. The van der Waals surface area contributed by atoms with Crippen molar-refractivity contribution < 1.29 is 19.1 Å². The van der Waals surface area contributed by atoms with Crippen molar-refractivity contribution in [3.63, 3.8) is 0 Å². The maximum atomic E-state index is 14.3. The van der Waals surface area contributed by atoms with Crippen LogP contribution in [0.4, 0.5) is 0 Å². The summed E-state index contributed by atoms with van der Waals surface area (Å²) in [5.74, 6) is 0.378. The fraction of sp³-hybridized carbons (Fsp3) is 0.757. The summed E-state index contributed by atoms with van der Waals surface area (Å²) in [5, 5.41) is 7.16. The lowest BCUT2D eigenvalue weighted by molar-refractivity contribution is -0.143. The van der Waals surface area contributed by atoms with E-state index in [1.807, 2.05) is 25.7 Å². The number of allylic oxidation sites excluding steroid dienone is 4. The monoisotopic (exact) mass is 660 g/mol. The molecule has 1 saturated heterocycles. The van der Waals surface area contributed by atoms with Gasteiger partial charge in [0.25, 0.3) is 0 Å². The van der Waals surface area contributed by atoms with E-state index in [0.717, 1.165) is 44.2 Å². The normalized spacial score (nSPS) is 21.9. The zero-order chi connectivity index (χ0) is 34.6. The Kier molecular flexibility index (Phi) is 16.6. The first-order valence-electron chi connectivity index (χ1n) is 17.5. The third-order valence-corrected chi connectivity index (χ3v) is 10.5. The Morgan fingerprint density at radius 1 is 1.17 bits per heavy atom. The molecular weight excluding hydrogens is 596 g/mol. The lowest BCUT2D eigenvalue weighted by Crippen LogP contribution is -2.60. The largest absolute Gasteiger partial charge is 0.392 e. The highest BCUT2D eigenvalue weighted by Gasteiger charge is 2.45. The van der Waals surface area contributed by atoms with Crippen LogP contribution in [-0.2, 0) is 19.1 Å². The van der Waals surface area contributed by atoms with E-state index in [1.165, 1.54) is 5.57 Å². The first-order chi connectivity index (χ1) is 21.7. The third-order valence-electron chi connectivity index (χ3n) is 10.2. The predicted molar refractivity (Wildman–Crippen MR) is 194 cm³/mol. The van der Waals surface area contributed by atoms with Gasteiger partial charge in [-0.15, -0.1) is 0 Å². The van der Waals surface area contributed by atoms with Gasteiger partial charge in [-0.2, -0.15) is 0 Å². The lowest BCUT2D eigenvalue weighted by Gasteiger charge is -2.40. The fourth-order valence-electron chi connectivity index (χ4n) is 7.12. The van der Waals surface area contributed by atoms with Crippen molar-refractivity contribution in [2.24, 2.45) is 23.5 Å². The number of thiocarbonyl (C=S) groups is 1.